The summed E-state index contributed by atoms with van der Waals surface area (Å²) in [5.41, 5.74) is 2.84. The van der Waals surface area contributed by atoms with Gasteiger partial charge in [-0.25, -0.2) is 8.78 Å². The van der Waals surface area contributed by atoms with Crippen LogP contribution in [0.4, 0.5) is 8.78 Å². The average molecular weight is 279 g/mol. The van der Waals surface area contributed by atoms with Crippen LogP contribution >= 0.6 is 0 Å². The van der Waals surface area contributed by atoms with Crippen molar-refractivity contribution in [3.05, 3.63) is 52.9 Å². The molecule has 5 heteroatoms. The summed E-state index contributed by atoms with van der Waals surface area (Å²) in [5, 5.41) is 7.63. The van der Waals surface area contributed by atoms with E-state index in [4.69, 9.17) is 0 Å². The molecule has 1 aromatic carbocycles. The topological polar surface area (TPSA) is 29.9 Å². The van der Waals surface area contributed by atoms with Crippen LogP contribution in [0.2, 0.25) is 0 Å². The number of nitrogens with zero attached hydrogens (tertiary/aromatic N) is 2. The van der Waals surface area contributed by atoms with Gasteiger partial charge in [0.2, 0.25) is 0 Å². The number of nitrogens with one attached hydrogen (secondary N) is 1. The summed E-state index contributed by atoms with van der Waals surface area (Å²) in [4.78, 5) is 0. The lowest BCUT2D eigenvalue weighted by molar-refractivity contribution is 0.505. The van der Waals surface area contributed by atoms with Crippen LogP contribution in [-0.4, -0.2) is 15.8 Å². The normalized spacial score (nSPS) is 11.3. The highest BCUT2D eigenvalue weighted by Gasteiger charge is 2.09. The molecule has 2 rings (SSSR count). The van der Waals surface area contributed by atoms with Crippen LogP contribution < -0.4 is 5.32 Å². The van der Waals surface area contributed by atoms with E-state index >= 15 is 0 Å². The van der Waals surface area contributed by atoms with Crippen molar-refractivity contribution >= 4 is 0 Å². The predicted molar refractivity (Wildman–Crippen MR) is 74.4 cm³/mol. The molecule has 0 bridgehead atoms. The summed E-state index contributed by atoms with van der Waals surface area (Å²) in [6.45, 7) is 7.33. The summed E-state index contributed by atoms with van der Waals surface area (Å²) in [5.74, 6) is -1.65. The second-order valence-corrected chi connectivity index (χ2v) is 5.20. The predicted octanol–water partition coefficient (Wildman–Crippen LogP) is 3.02. The Kier molecular flexibility index (Phi) is 4.49. The van der Waals surface area contributed by atoms with Crippen LogP contribution in [0.5, 0.6) is 0 Å². The highest BCUT2D eigenvalue weighted by atomic mass is 19.2. The molecule has 1 heterocycles. The van der Waals surface area contributed by atoms with Crippen molar-refractivity contribution in [2.45, 2.75) is 39.9 Å². The lowest BCUT2D eigenvalue weighted by Crippen LogP contribution is -2.22. The Morgan fingerprint density at radius 2 is 2.00 bits per heavy atom. The second kappa shape index (κ2) is 6.13. The Morgan fingerprint density at radius 1 is 1.25 bits per heavy atom. The molecular formula is C15H19F2N3. The molecule has 2 aromatic rings. The Bertz CT molecular complexity index is 591. The first-order valence-electron chi connectivity index (χ1n) is 6.66. The molecule has 3 nitrogen and oxygen atoms in total. The first kappa shape index (κ1) is 14.7. The third-order valence-corrected chi connectivity index (χ3v) is 3.22. The first-order chi connectivity index (χ1) is 9.47. The maximum atomic E-state index is 13.2. The maximum Gasteiger partial charge on any atom is 0.159 e. The Morgan fingerprint density at radius 3 is 2.65 bits per heavy atom. The molecule has 0 unspecified atom stereocenters. The van der Waals surface area contributed by atoms with Gasteiger partial charge in [0.15, 0.2) is 11.6 Å². The van der Waals surface area contributed by atoms with Gasteiger partial charge in [-0.15, -0.1) is 0 Å². The highest BCUT2D eigenvalue weighted by Crippen LogP contribution is 2.13. The van der Waals surface area contributed by atoms with Crippen molar-refractivity contribution in [1.29, 1.82) is 0 Å². The molecule has 0 fully saturated rings. The van der Waals surface area contributed by atoms with Crippen LogP contribution in [0, 0.1) is 18.6 Å². The van der Waals surface area contributed by atoms with Crippen molar-refractivity contribution in [3.63, 3.8) is 0 Å². The SMILES string of the molecule is Cc1c(CNC(C)C)cnn1Cc1ccc(F)c(F)c1. The molecular weight excluding hydrogens is 260 g/mol. The number of hydrogen-bond donors (Lipinski definition) is 1. The number of rotatable bonds is 5. The molecule has 0 aliphatic carbocycles. The van der Waals surface area contributed by atoms with Crippen molar-refractivity contribution in [2.75, 3.05) is 0 Å². The van der Waals surface area contributed by atoms with E-state index in [1.807, 2.05) is 13.1 Å². The Balaban J connectivity index is 2.11. The van der Waals surface area contributed by atoms with E-state index in [1.165, 1.54) is 6.07 Å². The molecule has 20 heavy (non-hydrogen) atoms. The molecule has 0 aliphatic heterocycles. The highest BCUT2D eigenvalue weighted by molar-refractivity contribution is 5.21. The molecule has 0 saturated heterocycles. The lowest BCUT2D eigenvalue weighted by atomic mass is 10.2. The van der Waals surface area contributed by atoms with Crippen LogP contribution in [0.1, 0.15) is 30.7 Å². The molecule has 0 atom stereocenters. The Hall–Kier alpha value is -1.75. The monoisotopic (exact) mass is 279 g/mol. The van der Waals surface area contributed by atoms with Gasteiger partial charge in [0.25, 0.3) is 0 Å². The molecule has 0 amide bonds. The summed E-state index contributed by atoms with van der Waals surface area (Å²) in [6.07, 6.45) is 1.81. The molecule has 1 N–H and O–H groups in total. The van der Waals surface area contributed by atoms with Crippen molar-refractivity contribution in [3.8, 4) is 0 Å². The summed E-state index contributed by atoms with van der Waals surface area (Å²) in [6, 6.07) is 4.34. The Labute approximate surface area is 117 Å². The number of benzene rings is 1. The molecule has 0 aliphatic rings. The molecule has 108 valence electrons. The van der Waals surface area contributed by atoms with Crippen LogP contribution in [0.3, 0.4) is 0 Å². The number of hydrogen-bond acceptors (Lipinski definition) is 2. The zero-order chi connectivity index (χ0) is 14.7. The maximum absolute atomic E-state index is 13.2. The molecule has 0 spiro atoms. The molecule has 1 aromatic heterocycles. The minimum atomic E-state index is -0.826. The third kappa shape index (κ3) is 3.42. The van der Waals surface area contributed by atoms with E-state index in [-0.39, 0.29) is 0 Å². The van der Waals surface area contributed by atoms with E-state index < -0.39 is 11.6 Å². The zero-order valence-electron chi connectivity index (χ0n) is 12.0. The van der Waals surface area contributed by atoms with E-state index in [9.17, 15) is 8.78 Å². The van der Waals surface area contributed by atoms with Gasteiger partial charge in [0.1, 0.15) is 0 Å². The molecule has 0 saturated carbocycles. The second-order valence-electron chi connectivity index (χ2n) is 5.20. The number of aromatic nitrogens is 2. The first-order valence-corrected chi connectivity index (χ1v) is 6.66. The smallest absolute Gasteiger partial charge is 0.159 e. The zero-order valence-corrected chi connectivity index (χ0v) is 12.0. The van der Waals surface area contributed by atoms with E-state index in [0.29, 0.717) is 18.2 Å². The van der Waals surface area contributed by atoms with Gasteiger partial charge in [-0.05, 0) is 24.6 Å². The fourth-order valence-electron chi connectivity index (χ4n) is 1.94. The van der Waals surface area contributed by atoms with Gasteiger partial charge in [-0.2, -0.15) is 5.10 Å². The lowest BCUT2D eigenvalue weighted by Gasteiger charge is -2.09. The average Bonchev–Trinajstić information content (AvgIpc) is 2.73. The van der Waals surface area contributed by atoms with E-state index in [2.05, 4.69) is 24.3 Å². The summed E-state index contributed by atoms with van der Waals surface area (Å²) < 4.78 is 27.9. The summed E-state index contributed by atoms with van der Waals surface area (Å²) >= 11 is 0. The minimum Gasteiger partial charge on any atom is -0.310 e. The standard InChI is InChI=1S/C15H19F2N3/c1-10(2)18-7-13-8-19-20(11(13)3)9-12-4-5-14(16)15(17)6-12/h4-6,8,10,18H,7,9H2,1-3H3. The van der Waals surface area contributed by atoms with Gasteiger partial charge < -0.3 is 5.32 Å². The quantitative estimate of drug-likeness (QED) is 0.911. The van der Waals surface area contributed by atoms with Crippen molar-refractivity contribution < 1.29 is 8.78 Å². The third-order valence-electron chi connectivity index (χ3n) is 3.22. The molecule has 0 radical (unpaired) electrons. The van der Waals surface area contributed by atoms with Crippen molar-refractivity contribution in [2.24, 2.45) is 0 Å². The van der Waals surface area contributed by atoms with Crippen LogP contribution in [-0.2, 0) is 13.1 Å². The fourth-order valence-corrected chi connectivity index (χ4v) is 1.94. The van der Waals surface area contributed by atoms with Crippen molar-refractivity contribution in [1.82, 2.24) is 15.1 Å². The fraction of sp³-hybridized carbons (Fsp3) is 0.400. The van der Waals surface area contributed by atoms with E-state index in [1.54, 1.807) is 10.7 Å². The van der Waals surface area contributed by atoms with Gasteiger partial charge >= 0.3 is 0 Å². The van der Waals surface area contributed by atoms with Gasteiger partial charge in [-0.3, -0.25) is 4.68 Å². The number of halogens is 2. The van der Waals surface area contributed by atoms with Crippen LogP contribution in [0.25, 0.3) is 0 Å². The van der Waals surface area contributed by atoms with E-state index in [0.717, 1.165) is 23.9 Å². The van der Waals surface area contributed by atoms with Crippen LogP contribution in [0.15, 0.2) is 24.4 Å². The summed E-state index contributed by atoms with van der Waals surface area (Å²) in [7, 11) is 0. The van der Waals surface area contributed by atoms with Gasteiger partial charge in [0, 0.05) is 23.8 Å². The van der Waals surface area contributed by atoms with Gasteiger partial charge in [0.05, 0.1) is 12.7 Å². The minimum absolute atomic E-state index is 0.406. The largest absolute Gasteiger partial charge is 0.310 e. The van der Waals surface area contributed by atoms with Gasteiger partial charge in [-0.1, -0.05) is 19.9 Å².